The number of aromatic nitrogens is 2. The molecule has 0 saturated carbocycles. The lowest BCUT2D eigenvalue weighted by molar-refractivity contribution is 0.508. The molecular weight excluding hydrogens is 265 g/mol. The molecule has 2 aromatic rings. The van der Waals surface area contributed by atoms with E-state index in [0.717, 1.165) is 0 Å². The molecule has 1 aromatic heterocycles. The number of nitrogens with two attached hydrogens (primary N) is 1. The summed E-state index contributed by atoms with van der Waals surface area (Å²) in [4.78, 5) is 0. The molecule has 0 saturated heterocycles. The van der Waals surface area contributed by atoms with Crippen LogP contribution in [0.5, 0.6) is 0 Å². The van der Waals surface area contributed by atoms with Gasteiger partial charge in [0.05, 0.1) is 12.1 Å². The zero-order valence-electron chi connectivity index (χ0n) is 7.58. The normalized spacial score (nSPS) is 10.6. The quantitative estimate of drug-likeness (QED) is 0.909. The fraction of sp³-hybridized carbons (Fsp3) is 0.111. The molecular formula is C9H7BrFN3O. The molecule has 0 aliphatic heterocycles. The van der Waals surface area contributed by atoms with Crippen LogP contribution in [0.15, 0.2) is 27.1 Å². The Morgan fingerprint density at radius 1 is 1.40 bits per heavy atom. The van der Waals surface area contributed by atoms with Gasteiger partial charge in [0.2, 0.25) is 11.8 Å². The van der Waals surface area contributed by atoms with Crippen LogP contribution in [-0.4, -0.2) is 10.2 Å². The van der Waals surface area contributed by atoms with Crippen molar-refractivity contribution in [2.75, 3.05) is 0 Å². The Balaban J connectivity index is 2.48. The maximum atomic E-state index is 13.0. The zero-order valence-corrected chi connectivity index (χ0v) is 9.16. The van der Waals surface area contributed by atoms with E-state index in [9.17, 15) is 4.39 Å². The van der Waals surface area contributed by atoms with E-state index in [2.05, 4.69) is 26.1 Å². The highest BCUT2D eigenvalue weighted by Gasteiger charge is 2.11. The van der Waals surface area contributed by atoms with E-state index in [-0.39, 0.29) is 18.3 Å². The van der Waals surface area contributed by atoms with Gasteiger partial charge in [-0.15, -0.1) is 10.2 Å². The van der Waals surface area contributed by atoms with E-state index in [1.54, 1.807) is 6.07 Å². The van der Waals surface area contributed by atoms with Gasteiger partial charge in [0.1, 0.15) is 5.82 Å². The Labute approximate surface area is 93.4 Å². The summed E-state index contributed by atoms with van der Waals surface area (Å²) < 4.78 is 18.9. The molecule has 0 spiro atoms. The van der Waals surface area contributed by atoms with E-state index in [1.807, 2.05) is 0 Å². The van der Waals surface area contributed by atoms with Gasteiger partial charge in [0, 0.05) is 4.47 Å². The Morgan fingerprint density at radius 3 is 2.87 bits per heavy atom. The molecule has 6 heteroatoms. The van der Waals surface area contributed by atoms with Crippen molar-refractivity contribution in [1.82, 2.24) is 10.2 Å². The van der Waals surface area contributed by atoms with Gasteiger partial charge in [0.15, 0.2) is 0 Å². The Hall–Kier alpha value is -1.27. The number of hydrogen-bond donors (Lipinski definition) is 1. The highest BCUT2D eigenvalue weighted by Crippen LogP contribution is 2.27. The molecule has 2 N–H and O–H groups in total. The second-order valence-corrected chi connectivity index (χ2v) is 3.68. The summed E-state index contributed by atoms with van der Waals surface area (Å²) in [6, 6.07) is 4.24. The topological polar surface area (TPSA) is 64.9 Å². The van der Waals surface area contributed by atoms with Crippen molar-refractivity contribution in [2.45, 2.75) is 6.54 Å². The lowest BCUT2D eigenvalue weighted by Crippen LogP contribution is -1.95. The number of rotatable bonds is 2. The third-order valence-corrected chi connectivity index (χ3v) is 2.49. The van der Waals surface area contributed by atoms with Gasteiger partial charge in [0.25, 0.3) is 0 Å². The van der Waals surface area contributed by atoms with E-state index in [4.69, 9.17) is 10.2 Å². The summed E-state index contributed by atoms with van der Waals surface area (Å²) >= 11 is 3.27. The molecule has 0 fully saturated rings. The highest BCUT2D eigenvalue weighted by atomic mass is 79.9. The number of benzene rings is 1. The minimum Gasteiger partial charge on any atom is -0.419 e. The Morgan fingerprint density at radius 2 is 2.20 bits per heavy atom. The van der Waals surface area contributed by atoms with E-state index in [0.29, 0.717) is 15.9 Å². The van der Waals surface area contributed by atoms with Gasteiger partial charge in [-0.2, -0.15) is 0 Å². The van der Waals surface area contributed by atoms with Gasteiger partial charge < -0.3 is 10.2 Å². The first kappa shape index (κ1) is 10.3. The molecule has 2 rings (SSSR count). The third kappa shape index (κ3) is 2.05. The molecule has 0 unspecified atom stereocenters. The third-order valence-electron chi connectivity index (χ3n) is 1.80. The predicted octanol–water partition coefficient (Wildman–Crippen LogP) is 2.10. The minimum absolute atomic E-state index is 0.167. The average Bonchev–Trinajstić information content (AvgIpc) is 2.70. The first-order valence-corrected chi connectivity index (χ1v) is 4.98. The van der Waals surface area contributed by atoms with Crippen molar-refractivity contribution in [3.8, 4) is 11.5 Å². The second kappa shape index (κ2) is 4.08. The fourth-order valence-corrected chi connectivity index (χ4v) is 1.52. The Kier molecular flexibility index (Phi) is 2.79. The molecule has 0 bridgehead atoms. The summed E-state index contributed by atoms with van der Waals surface area (Å²) in [5.41, 5.74) is 5.84. The number of halogens is 2. The van der Waals surface area contributed by atoms with Crippen LogP contribution < -0.4 is 5.73 Å². The predicted molar refractivity (Wildman–Crippen MR) is 55.3 cm³/mol. The highest BCUT2D eigenvalue weighted by molar-refractivity contribution is 9.10. The molecule has 1 heterocycles. The monoisotopic (exact) mass is 271 g/mol. The molecule has 1 aromatic carbocycles. The van der Waals surface area contributed by atoms with Crippen molar-refractivity contribution in [3.05, 3.63) is 34.4 Å². The van der Waals surface area contributed by atoms with E-state index < -0.39 is 0 Å². The van der Waals surface area contributed by atoms with E-state index in [1.165, 1.54) is 12.1 Å². The van der Waals surface area contributed by atoms with Gasteiger partial charge in [-0.05, 0) is 34.1 Å². The van der Waals surface area contributed by atoms with Crippen LogP contribution in [0.4, 0.5) is 4.39 Å². The number of hydrogen-bond acceptors (Lipinski definition) is 4. The molecule has 0 amide bonds. The molecule has 78 valence electrons. The van der Waals surface area contributed by atoms with Gasteiger partial charge in [-0.1, -0.05) is 0 Å². The second-order valence-electron chi connectivity index (χ2n) is 2.83. The standard InChI is InChI=1S/C9H7BrFN3O/c10-7-2-1-5(11)3-6(7)9-14-13-8(4-12)15-9/h1-3H,4,12H2. The van der Waals surface area contributed by atoms with Crippen LogP contribution >= 0.6 is 15.9 Å². The zero-order chi connectivity index (χ0) is 10.8. The molecule has 0 aliphatic carbocycles. The number of nitrogens with zero attached hydrogens (tertiary/aromatic N) is 2. The van der Waals surface area contributed by atoms with Crippen LogP contribution in [-0.2, 0) is 6.54 Å². The van der Waals surface area contributed by atoms with Gasteiger partial charge in [-0.3, -0.25) is 0 Å². The Bertz CT molecular complexity index is 486. The van der Waals surface area contributed by atoms with Crippen LogP contribution in [0.25, 0.3) is 11.5 Å². The first-order chi connectivity index (χ1) is 7.20. The SMILES string of the molecule is NCc1nnc(-c2cc(F)ccc2Br)o1. The van der Waals surface area contributed by atoms with Crippen LogP contribution in [0.1, 0.15) is 5.89 Å². The largest absolute Gasteiger partial charge is 0.419 e. The molecule has 0 atom stereocenters. The van der Waals surface area contributed by atoms with Gasteiger partial charge >= 0.3 is 0 Å². The van der Waals surface area contributed by atoms with Crippen molar-refractivity contribution in [1.29, 1.82) is 0 Å². The molecule has 15 heavy (non-hydrogen) atoms. The van der Waals surface area contributed by atoms with Crippen molar-refractivity contribution in [2.24, 2.45) is 5.73 Å². The van der Waals surface area contributed by atoms with Crippen molar-refractivity contribution >= 4 is 15.9 Å². The lowest BCUT2D eigenvalue weighted by atomic mass is 10.2. The summed E-state index contributed by atoms with van der Waals surface area (Å²) in [6.45, 7) is 0.167. The molecule has 4 nitrogen and oxygen atoms in total. The lowest BCUT2D eigenvalue weighted by Gasteiger charge is -1.98. The summed E-state index contributed by atoms with van der Waals surface area (Å²) in [7, 11) is 0. The smallest absolute Gasteiger partial charge is 0.249 e. The van der Waals surface area contributed by atoms with E-state index >= 15 is 0 Å². The van der Waals surface area contributed by atoms with Crippen LogP contribution in [0, 0.1) is 5.82 Å². The fourth-order valence-electron chi connectivity index (χ4n) is 1.11. The van der Waals surface area contributed by atoms with Crippen LogP contribution in [0.2, 0.25) is 0 Å². The average molecular weight is 272 g/mol. The van der Waals surface area contributed by atoms with Crippen LogP contribution in [0.3, 0.4) is 0 Å². The molecule has 0 aliphatic rings. The summed E-state index contributed by atoms with van der Waals surface area (Å²) in [6.07, 6.45) is 0. The summed E-state index contributed by atoms with van der Waals surface area (Å²) in [5, 5.41) is 7.46. The maximum absolute atomic E-state index is 13.0. The van der Waals surface area contributed by atoms with Gasteiger partial charge in [-0.25, -0.2) is 4.39 Å². The first-order valence-electron chi connectivity index (χ1n) is 4.18. The maximum Gasteiger partial charge on any atom is 0.249 e. The molecule has 0 radical (unpaired) electrons. The minimum atomic E-state index is -0.360. The summed E-state index contributed by atoms with van der Waals surface area (Å²) in [5.74, 6) is 0.212. The van der Waals surface area contributed by atoms with Crippen molar-refractivity contribution < 1.29 is 8.81 Å². The van der Waals surface area contributed by atoms with Crippen molar-refractivity contribution in [3.63, 3.8) is 0 Å².